The van der Waals surface area contributed by atoms with Gasteiger partial charge in [0.25, 0.3) is 0 Å². The molecule has 0 aromatic rings. The molecule has 2 amide bonds. The lowest BCUT2D eigenvalue weighted by molar-refractivity contribution is -0.145. The van der Waals surface area contributed by atoms with Crippen molar-refractivity contribution in [2.24, 2.45) is 11.5 Å². The van der Waals surface area contributed by atoms with E-state index < -0.39 is 36.0 Å². The van der Waals surface area contributed by atoms with Gasteiger partial charge in [-0.15, -0.1) is 0 Å². The van der Waals surface area contributed by atoms with Gasteiger partial charge in [0.05, 0.1) is 12.6 Å². The molecule has 0 radical (unpaired) electrons. The molecule has 3 atom stereocenters. The average molecular weight is 304 g/mol. The molecule has 21 heavy (non-hydrogen) atoms. The zero-order valence-corrected chi connectivity index (χ0v) is 12.0. The molecule has 0 aliphatic carbocycles. The number of hydrogen-bond acceptors (Lipinski definition) is 6. The molecule has 0 saturated carbocycles. The summed E-state index contributed by atoms with van der Waals surface area (Å²) in [5, 5.41) is 22.9. The summed E-state index contributed by atoms with van der Waals surface area (Å²) >= 11 is 0. The number of unbranched alkanes of at least 4 members (excludes halogenated alkanes) is 1. The van der Waals surface area contributed by atoms with E-state index in [-0.39, 0.29) is 6.54 Å². The summed E-state index contributed by atoms with van der Waals surface area (Å²) in [5.74, 6) is -2.56. The molecule has 8 N–H and O–H groups in total. The van der Waals surface area contributed by atoms with E-state index in [0.717, 1.165) is 0 Å². The second-order valence-electron chi connectivity index (χ2n) is 4.67. The maximum Gasteiger partial charge on any atom is 0.328 e. The molecule has 0 heterocycles. The highest BCUT2D eigenvalue weighted by Gasteiger charge is 2.28. The van der Waals surface area contributed by atoms with Crippen LogP contribution in [0.3, 0.4) is 0 Å². The predicted octanol–water partition coefficient (Wildman–Crippen LogP) is -2.49. The van der Waals surface area contributed by atoms with Crippen LogP contribution in [0, 0.1) is 0 Å². The normalized spacial score (nSPS) is 14.9. The van der Waals surface area contributed by atoms with Crippen molar-refractivity contribution >= 4 is 17.8 Å². The van der Waals surface area contributed by atoms with Crippen molar-refractivity contribution in [1.82, 2.24) is 10.6 Å². The van der Waals surface area contributed by atoms with Gasteiger partial charge in [-0.3, -0.25) is 9.59 Å². The first kappa shape index (κ1) is 19.3. The largest absolute Gasteiger partial charge is 0.480 e. The Bertz CT molecular complexity index is 362. The molecule has 3 unspecified atom stereocenters. The molecule has 0 aliphatic rings. The zero-order valence-electron chi connectivity index (χ0n) is 12.0. The third-order valence-corrected chi connectivity index (χ3v) is 2.83. The first-order valence-corrected chi connectivity index (χ1v) is 6.74. The number of hydrogen-bond donors (Lipinski definition) is 6. The number of rotatable bonds is 10. The molecule has 9 nitrogen and oxygen atoms in total. The Balaban J connectivity index is 4.74. The highest BCUT2D eigenvalue weighted by Crippen LogP contribution is 2.03. The number of carboxylic acid groups (broad SMARTS) is 1. The summed E-state index contributed by atoms with van der Waals surface area (Å²) in [5.41, 5.74) is 10.5. The Morgan fingerprint density at radius 3 is 2.19 bits per heavy atom. The van der Waals surface area contributed by atoms with E-state index in [1.165, 1.54) is 6.92 Å². The van der Waals surface area contributed by atoms with Crippen LogP contribution in [0.5, 0.6) is 0 Å². The minimum Gasteiger partial charge on any atom is -0.480 e. The second-order valence-corrected chi connectivity index (χ2v) is 4.67. The van der Waals surface area contributed by atoms with Crippen LogP contribution in [0.1, 0.15) is 26.2 Å². The monoisotopic (exact) mass is 304 g/mol. The molecule has 122 valence electrons. The number of aliphatic hydroxyl groups excluding tert-OH is 1. The number of aliphatic hydroxyl groups is 1. The summed E-state index contributed by atoms with van der Waals surface area (Å²) in [6.07, 6.45) is 0.301. The van der Waals surface area contributed by atoms with Gasteiger partial charge >= 0.3 is 5.97 Å². The minimum absolute atomic E-state index is 0.278. The number of carbonyl (C=O) groups excluding carboxylic acids is 2. The van der Waals surface area contributed by atoms with Crippen molar-refractivity contribution in [3.8, 4) is 0 Å². The quantitative estimate of drug-likeness (QED) is 0.243. The van der Waals surface area contributed by atoms with Gasteiger partial charge in [0.2, 0.25) is 11.8 Å². The van der Waals surface area contributed by atoms with E-state index in [9.17, 15) is 19.5 Å². The first-order chi connectivity index (χ1) is 9.83. The van der Waals surface area contributed by atoms with Crippen molar-refractivity contribution < 1.29 is 24.6 Å². The maximum atomic E-state index is 12.0. The number of carboxylic acids is 1. The highest BCUT2D eigenvalue weighted by atomic mass is 16.4. The molecule has 0 fully saturated rings. The molecule has 9 heteroatoms. The van der Waals surface area contributed by atoms with E-state index in [4.69, 9.17) is 16.6 Å². The van der Waals surface area contributed by atoms with Crippen molar-refractivity contribution in [2.45, 2.75) is 44.4 Å². The molecule has 0 rings (SSSR count). The van der Waals surface area contributed by atoms with Gasteiger partial charge in [-0.25, -0.2) is 4.79 Å². The third-order valence-electron chi connectivity index (χ3n) is 2.83. The SMILES string of the molecule is CC(O)C(NC(=O)C(CCCCN)NC(=O)CN)C(=O)O. The number of nitrogens with one attached hydrogen (secondary N) is 2. The Labute approximate surface area is 123 Å². The highest BCUT2D eigenvalue weighted by molar-refractivity contribution is 5.90. The smallest absolute Gasteiger partial charge is 0.328 e. The summed E-state index contributed by atoms with van der Waals surface area (Å²) in [7, 11) is 0. The summed E-state index contributed by atoms with van der Waals surface area (Å²) in [6.45, 7) is 1.42. The molecular weight excluding hydrogens is 280 g/mol. The van der Waals surface area contributed by atoms with Gasteiger partial charge in [-0.2, -0.15) is 0 Å². The minimum atomic E-state index is -1.44. The van der Waals surface area contributed by atoms with Gasteiger partial charge in [0, 0.05) is 0 Å². The number of aliphatic carboxylic acids is 1. The van der Waals surface area contributed by atoms with Crippen molar-refractivity contribution in [2.75, 3.05) is 13.1 Å². The standard InChI is InChI=1S/C12H24N4O5/c1-7(17)10(12(20)21)16-11(19)8(4-2-3-5-13)15-9(18)6-14/h7-8,10,17H,2-6,13-14H2,1H3,(H,15,18)(H,16,19)(H,20,21). The van der Waals surface area contributed by atoms with Gasteiger partial charge in [0.15, 0.2) is 6.04 Å². The van der Waals surface area contributed by atoms with Crippen molar-refractivity contribution in [3.05, 3.63) is 0 Å². The Morgan fingerprint density at radius 1 is 1.14 bits per heavy atom. The van der Waals surface area contributed by atoms with Crippen LogP contribution >= 0.6 is 0 Å². The molecule has 0 aromatic heterocycles. The fraction of sp³-hybridized carbons (Fsp3) is 0.750. The van der Waals surface area contributed by atoms with Crippen LogP contribution in [0.15, 0.2) is 0 Å². The number of carbonyl (C=O) groups is 3. The molecular formula is C12H24N4O5. The van der Waals surface area contributed by atoms with E-state index >= 15 is 0 Å². The average Bonchev–Trinajstić information content (AvgIpc) is 2.42. The van der Waals surface area contributed by atoms with Gasteiger partial charge in [0.1, 0.15) is 6.04 Å². The Kier molecular flexibility index (Phi) is 9.26. The predicted molar refractivity (Wildman–Crippen MR) is 75.1 cm³/mol. The Morgan fingerprint density at radius 2 is 1.76 bits per heavy atom. The van der Waals surface area contributed by atoms with E-state index in [0.29, 0.717) is 25.8 Å². The van der Waals surface area contributed by atoms with Gasteiger partial charge < -0.3 is 32.3 Å². The van der Waals surface area contributed by atoms with Crippen molar-refractivity contribution in [3.63, 3.8) is 0 Å². The van der Waals surface area contributed by atoms with Crippen LogP contribution in [0.25, 0.3) is 0 Å². The third kappa shape index (κ3) is 7.59. The lowest BCUT2D eigenvalue weighted by Gasteiger charge is -2.22. The lowest BCUT2D eigenvalue weighted by atomic mass is 10.1. The topological polar surface area (TPSA) is 168 Å². The van der Waals surface area contributed by atoms with E-state index in [2.05, 4.69) is 10.6 Å². The number of amides is 2. The summed E-state index contributed by atoms with van der Waals surface area (Å²) < 4.78 is 0. The fourth-order valence-electron chi connectivity index (χ4n) is 1.66. The number of nitrogens with two attached hydrogens (primary N) is 2. The van der Waals surface area contributed by atoms with Crippen LogP contribution in [0.2, 0.25) is 0 Å². The van der Waals surface area contributed by atoms with Gasteiger partial charge in [-0.1, -0.05) is 0 Å². The van der Waals surface area contributed by atoms with Gasteiger partial charge in [-0.05, 0) is 32.7 Å². The first-order valence-electron chi connectivity index (χ1n) is 6.74. The van der Waals surface area contributed by atoms with Crippen LogP contribution in [0.4, 0.5) is 0 Å². The molecule has 0 aromatic carbocycles. The zero-order chi connectivity index (χ0) is 16.4. The van der Waals surface area contributed by atoms with Crippen LogP contribution in [-0.4, -0.2) is 59.3 Å². The second kappa shape index (κ2) is 10.1. The maximum absolute atomic E-state index is 12.0. The summed E-state index contributed by atoms with van der Waals surface area (Å²) in [4.78, 5) is 34.3. The fourth-order valence-corrected chi connectivity index (χ4v) is 1.66. The van der Waals surface area contributed by atoms with E-state index in [1.54, 1.807) is 0 Å². The lowest BCUT2D eigenvalue weighted by Crippen LogP contribution is -2.55. The van der Waals surface area contributed by atoms with Crippen molar-refractivity contribution in [1.29, 1.82) is 0 Å². The van der Waals surface area contributed by atoms with Crippen LogP contribution < -0.4 is 22.1 Å². The Hall–Kier alpha value is -1.71. The van der Waals surface area contributed by atoms with Crippen LogP contribution in [-0.2, 0) is 14.4 Å². The molecule has 0 bridgehead atoms. The molecule has 0 saturated heterocycles. The van der Waals surface area contributed by atoms with E-state index in [1.807, 2.05) is 0 Å². The molecule has 0 aliphatic heterocycles. The molecule has 0 spiro atoms. The summed E-state index contributed by atoms with van der Waals surface area (Å²) in [6, 6.07) is -2.35.